The van der Waals surface area contributed by atoms with Crippen molar-refractivity contribution in [2.75, 3.05) is 44.3 Å². The van der Waals surface area contributed by atoms with Gasteiger partial charge in [-0.3, -0.25) is 4.79 Å². The van der Waals surface area contributed by atoms with Crippen LogP contribution in [0.15, 0.2) is 36.7 Å². The van der Waals surface area contributed by atoms with E-state index in [4.69, 9.17) is 10.00 Å². The van der Waals surface area contributed by atoms with Crippen LogP contribution in [0.2, 0.25) is 0 Å². The summed E-state index contributed by atoms with van der Waals surface area (Å²) in [6.45, 7) is 4.78. The third kappa shape index (κ3) is 4.19. The molecule has 1 aromatic carbocycles. The Balaban J connectivity index is 1.11. The van der Waals surface area contributed by atoms with Crippen molar-refractivity contribution in [1.29, 1.82) is 5.26 Å². The van der Waals surface area contributed by atoms with Crippen molar-refractivity contribution in [3.05, 3.63) is 42.2 Å². The van der Waals surface area contributed by atoms with Crippen LogP contribution >= 0.6 is 0 Å². The molecule has 1 spiro atoms. The molecule has 2 N–H and O–H groups in total. The van der Waals surface area contributed by atoms with Crippen LogP contribution in [0.3, 0.4) is 0 Å². The molecule has 1 amide bonds. The molecule has 6 rings (SSSR count). The molecular formula is C26H29N7O2. The summed E-state index contributed by atoms with van der Waals surface area (Å²) in [4.78, 5) is 29.3. The monoisotopic (exact) mass is 471 g/mol. The van der Waals surface area contributed by atoms with Crippen LogP contribution in [0, 0.1) is 16.9 Å². The summed E-state index contributed by atoms with van der Waals surface area (Å²) in [5.74, 6) is 0.898. The third-order valence-electron chi connectivity index (χ3n) is 7.75. The molecule has 0 atom stereocenters. The summed E-state index contributed by atoms with van der Waals surface area (Å²) in [7, 11) is 0. The van der Waals surface area contributed by atoms with Crippen molar-refractivity contribution in [2.24, 2.45) is 5.41 Å². The minimum absolute atomic E-state index is 0.0260. The van der Waals surface area contributed by atoms with Crippen molar-refractivity contribution in [2.45, 2.75) is 31.7 Å². The maximum absolute atomic E-state index is 12.9. The molecule has 35 heavy (non-hydrogen) atoms. The summed E-state index contributed by atoms with van der Waals surface area (Å²) in [6, 6.07) is 10.00. The fraction of sp³-hybridized carbons (Fsp3) is 0.462. The average molecular weight is 472 g/mol. The molecule has 0 radical (unpaired) electrons. The van der Waals surface area contributed by atoms with Gasteiger partial charge >= 0.3 is 0 Å². The quantitative estimate of drug-likeness (QED) is 0.563. The summed E-state index contributed by atoms with van der Waals surface area (Å²) >= 11 is 0. The Morgan fingerprint density at radius 2 is 1.89 bits per heavy atom. The van der Waals surface area contributed by atoms with Gasteiger partial charge in [0, 0.05) is 48.9 Å². The lowest BCUT2D eigenvalue weighted by Crippen LogP contribution is -2.56. The van der Waals surface area contributed by atoms with E-state index in [1.807, 2.05) is 29.2 Å². The van der Waals surface area contributed by atoms with E-state index in [9.17, 15) is 4.79 Å². The van der Waals surface area contributed by atoms with E-state index in [1.165, 1.54) is 0 Å². The second kappa shape index (κ2) is 8.86. The van der Waals surface area contributed by atoms with E-state index < -0.39 is 0 Å². The molecule has 180 valence electrons. The number of morpholine rings is 1. The molecule has 2 saturated heterocycles. The first kappa shape index (κ1) is 21.9. The number of H-pyrrole nitrogens is 1. The molecule has 9 heteroatoms. The van der Waals surface area contributed by atoms with Gasteiger partial charge in [0.05, 0.1) is 18.6 Å². The highest BCUT2D eigenvalue weighted by molar-refractivity contribution is 5.95. The zero-order valence-electron chi connectivity index (χ0n) is 19.7. The molecule has 1 saturated carbocycles. The summed E-state index contributed by atoms with van der Waals surface area (Å²) in [5, 5.41) is 13.2. The van der Waals surface area contributed by atoms with Crippen LogP contribution < -0.4 is 10.2 Å². The summed E-state index contributed by atoms with van der Waals surface area (Å²) < 4.78 is 5.47. The van der Waals surface area contributed by atoms with Crippen molar-refractivity contribution in [3.63, 3.8) is 0 Å². The highest BCUT2D eigenvalue weighted by atomic mass is 16.5. The molecule has 1 aliphatic carbocycles. The van der Waals surface area contributed by atoms with Crippen molar-refractivity contribution in [3.8, 4) is 17.5 Å². The number of hydrogen-bond acceptors (Lipinski definition) is 7. The normalized spacial score (nSPS) is 20.0. The van der Waals surface area contributed by atoms with Gasteiger partial charge in [0.1, 0.15) is 17.8 Å². The smallest absolute Gasteiger partial charge is 0.251 e. The number of ether oxygens (including phenoxy) is 1. The second-order valence-electron chi connectivity index (χ2n) is 10.0. The fourth-order valence-electron chi connectivity index (χ4n) is 5.70. The molecule has 3 aromatic rings. The Labute approximate surface area is 204 Å². The number of aromatic amines is 1. The minimum Gasteiger partial charge on any atom is -0.378 e. The van der Waals surface area contributed by atoms with Gasteiger partial charge < -0.3 is 24.8 Å². The number of nitriles is 1. The van der Waals surface area contributed by atoms with Crippen LogP contribution in [0.5, 0.6) is 0 Å². The van der Waals surface area contributed by atoms with Gasteiger partial charge in [-0.2, -0.15) is 5.26 Å². The number of benzene rings is 1. The maximum Gasteiger partial charge on any atom is 0.251 e. The highest BCUT2D eigenvalue weighted by Crippen LogP contribution is 2.43. The number of carbonyl (C=O) groups excluding carboxylic acids is 1. The standard InChI is InChI=1S/C26H29N7O2/c27-16-32-14-26(15-32)7-5-20(6-8-26)30-25(34)19-3-1-18(2-4-19)22-13-21-23(31-22)28-17-29-24(21)33-9-11-35-12-10-33/h1-4,13,17,20H,5-12,14-15H2,(H,30,34)(H,28,29,31). The van der Waals surface area contributed by atoms with E-state index in [2.05, 4.69) is 37.4 Å². The predicted octanol–water partition coefficient (Wildman–Crippen LogP) is 2.92. The summed E-state index contributed by atoms with van der Waals surface area (Å²) in [6.07, 6.45) is 7.93. The van der Waals surface area contributed by atoms with Gasteiger partial charge in [0.15, 0.2) is 6.19 Å². The molecule has 3 fully saturated rings. The SMILES string of the molecule is N#CN1CC2(CCC(NC(=O)c3ccc(-c4cc5c(N6CCOCC6)ncnc5[nH]4)cc3)CC2)C1. The Kier molecular flexibility index (Phi) is 5.53. The molecule has 0 unspecified atom stereocenters. The van der Waals surface area contributed by atoms with Crippen LogP contribution in [0.1, 0.15) is 36.0 Å². The summed E-state index contributed by atoms with van der Waals surface area (Å²) in [5.41, 5.74) is 3.71. The molecular weight excluding hydrogens is 442 g/mol. The Hall–Kier alpha value is -3.64. The van der Waals surface area contributed by atoms with Crippen molar-refractivity contribution in [1.82, 2.24) is 25.2 Å². The Morgan fingerprint density at radius 1 is 1.14 bits per heavy atom. The Morgan fingerprint density at radius 3 is 2.60 bits per heavy atom. The first-order chi connectivity index (χ1) is 17.1. The van der Waals surface area contributed by atoms with Crippen LogP contribution in [0.4, 0.5) is 5.82 Å². The first-order valence-corrected chi connectivity index (χ1v) is 12.3. The van der Waals surface area contributed by atoms with E-state index in [1.54, 1.807) is 6.33 Å². The van der Waals surface area contributed by atoms with E-state index >= 15 is 0 Å². The third-order valence-corrected chi connectivity index (χ3v) is 7.75. The molecule has 2 aliphatic heterocycles. The number of fused-ring (bicyclic) bond motifs is 1. The minimum atomic E-state index is -0.0260. The fourth-order valence-corrected chi connectivity index (χ4v) is 5.70. The molecule has 3 aliphatic rings. The number of likely N-dealkylation sites (tertiary alicyclic amines) is 1. The van der Waals surface area contributed by atoms with Gasteiger partial charge in [-0.25, -0.2) is 9.97 Å². The van der Waals surface area contributed by atoms with Gasteiger partial charge in [-0.1, -0.05) is 12.1 Å². The molecule has 9 nitrogen and oxygen atoms in total. The topological polar surface area (TPSA) is 110 Å². The predicted molar refractivity (Wildman–Crippen MR) is 132 cm³/mol. The van der Waals surface area contributed by atoms with E-state index in [0.29, 0.717) is 24.2 Å². The zero-order valence-corrected chi connectivity index (χ0v) is 19.7. The number of anilines is 1. The number of nitrogens with one attached hydrogen (secondary N) is 2. The lowest BCUT2D eigenvalue weighted by Gasteiger charge is -2.51. The van der Waals surface area contributed by atoms with Gasteiger partial charge in [0.2, 0.25) is 0 Å². The molecule has 4 heterocycles. The van der Waals surface area contributed by atoms with Gasteiger partial charge in [0.25, 0.3) is 5.91 Å². The van der Waals surface area contributed by atoms with Gasteiger partial charge in [-0.05, 0) is 49.4 Å². The first-order valence-electron chi connectivity index (χ1n) is 12.3. The molecule has 2 aromatic heterocycles. The second-order valence-corrected chi connectivity index (χ2v) is 10.0. The van der Waals surface area contributed by atoms with E-state index in [-0.39, 0.29) is 11.9 Å². The van der Waals surface area contributed by atoms with Crippen LogP contribution in [-0.2, 0) is 4.74 Å². The number of rotatable bonds is 4. The van der Waals surface area contributed by atoms with Crippen LogP contribution in [0.25, 0.3) is 22.3 Å². The molecule has 0 bridgehead atoms. The Bertz CT molecular complexity index is 1260. The van der Waals surface area contributed by atoms with Crippen molar-refractivity contribution < 1.29 is 9.53 Å². The number of nitrogens with zero attached hydrogens (tertiary/aromatic N) is 5. The highest BCUT2D eigenvalue weighted by Gasteiger charge is 2.45. The van der Waals surface area contributed by atoms with Crippen molar-refractivity contribution >= 4 is 22.8 Å². The largest absolute Gasteiger partial charge is 0.378 e. The lowest BCUT2D eigenvalue weighted by atomic mass is 9.67. The van der Waals surface area contributed by atoms with E-state index in [0.717, 1.165) is 80.0 Å². The number of hydrogen-bond donors (Lipinski definition) is 2. The maximum atomic E-state index is 12.9. The zero-order chi connectivity index (χ0) is 23.8. The number of carbonyl (C=O) groups is 1. The number of aromatic nitrogens is 3. The van der Waals surface area contributed by atoms with Gasteiger partial charge in [-0.15, -0.1) is 0 Å². The van der Waals surface area contributed by atoms with Crippen LogP contribution in [-0.4, -0.2) is 71.2 Å². The lowest BCUT2D eigenvalue weighted by molar-refractivity contribution is 0.00403. The average Bonchev–Trinajstić information content (AvgIpc) is 3.33. The number of amides is 1.